The van der Waals surface area contributed by atoms with Crippen molar-refractivity contribution in [3.8, 4) is 5.75 Å². The highest BCUT2D eigenvalue weighted by molar-refractivity contribution is 6.33. The van der Waals surface area contributed by atoms with Crippen molar-refractivity contribution in [1.82, 2.24) is 15.2 Å². The van der Waals surface area contributed by atoms with E-state index >= 15 is 0 Å². The van der Waals surface area contributed by atoms with Crippen LogP contribution in [-0.2, 0) is 6.42 Å². The fourth-order valence-electron chi connectivity index (χ4n) is 4.56. The number of rotatable bonds is 7. The maximum absolute atomic E-state index is 13.1. The second-order valence-electron chi connectivity index (χ2n) is 8.75. The van der Waals surface area contributed by atoms with Gasteiger partial charge in [-0.25, -0.2) is 0 Å². The zero-order valence-electron chi connectivity index (χ0n) is 20.1. The van der Waals surface area contributed by atoms with Crippen LogP contribution in [-0.4, -0.2) is 48.4 Å². The average Bonchev–Trinajstić information content (AvgIpc) is 2.89. The number of carbonyl (C=O) groups is 2. The lowest BCUT2D eigenvalue weighted by Crippen LogP contribution is -2.38. The Kier molecular flexibility index (Phi) is 8.03. The first-order chi connectivity index (χ1) is 17.0. The third kappa shape index (κ3) is 5.82. The number of nitrogens with zero attached hydrogens (tertiary/aromatic N) is 2. The zero-order valence-corrected chi connectivity index (χ0v) is 20.8. The second kappa shape index (κ2) is 11.4. The van der Waals surface area contributed by atoms with Crippen molar-refractivity contribution in [2.45, 2.75) is 32.1 Å². The fourth-order valence-corrected chi connectivity index (χ4v) is 4.77. The highest BCUT2D eigenvalue weighted by Gasteiger charge is 2.29. The Bertz CT molecular complexity index is 1210. The van der Waals surface area contributed by atoms with Crippen LogP contribution in [0.1, 0.15) is 56.4 Å². The quantitative estimate of drug-likeness (QED) is 0.502. The van der Waals surface area contributed by atoms with Crippen LogP contribution in [0.3, 0.4) is 0 Å². The van der Waals surface area contributed by atoms with Gasteiger partial charge in [-0.2, -0.15) is 0 Å². The van der Waals surface area contributed by atoms with Gasteiger partial charge >= 0.3 is 0 Å². The molecule has 1 aromatic heterocycles. The van der Waals surface area contributed by atoms with E-state index in [0.717, 1.165) is 35.5 Å². The summed E-state index contributed by atoms with van der Waals surface area (Å²) in [6, 6.07) is 18.7. The maximum atomic E-state index is 13.1. The molecule has 0 radical (unpaired) electrons. The Morgan fingerprint density at radius 1 is 1.03 bits per heavy atom. The van der Waals surface area contributed by atoms with E-state index in [1.807, 2.05) is 60.4 Å². The minimum atomic E-state index is -0.128. The highest BCUT2D eigenvalue weighted by atomic mass is 35.5. The van der Waals surface area contributed by atoms with Gasteiger partial charge in [0.05, 0.1) is 29.0 Å². The Hall–Kier alpha value is -3.38. The van der Waals surface area contributed by atoms with Crippen LogP contribution in [0.15, 0.2) is 60.7 Å². The molecule has 0 atom stereocenters. The molecule has 1 saturated heterocycles. The van der Waals surface area contributed by atoms with Crippen LogP contribution in [0.5, 0.6) is 5.75 Å². The summed E-state index contributed by atoms with van der Waals surface area (Å²) >= 11 is 6.22. The number of pyridine rings is 1. The summed E-state index contributed by atoms with van der Waals surface area (Å²) < 4.78 is 5.40. The number of piperidine rings is 1. The molecule has 3 aromatic rings. The van der Waals surface area contributed by atoms with E-state index in [0.29, 0.717) is 42.2 Å². The van der Waals surface area contributed by atoms with Gasteiger partial charge in [0, 0.05) is 31.2 Å². The SMILES string of the molecule is COc1ccccc1CCNC(=O)c1ccc(C)nc1C1CCN(C(=O)c2ccccc2Cl)CC1. The van der Waals surface area contributed by atoms with Gasteiger partial charge in [-0.15, -0.1) is 0 Å². The van der Waals surface area contributed by atoms with E-state index in [9.17, 15) is 9.59 Å². The number of para-hydroxylation sites is 1. The van der Waals surface area contributed by atoms with Gasteiger partial charge in [0.15, 0.2) is 0 Å². The fraction of sp³-hybridized carbons (Fsp3) is 0.321. The molecular formula is C28H30ClN3O3. The molecule has 1 aliphatic heterocycles. The molecule has 182 valence electrons. The summed E-state index contributed by atoms with van der Waals surface area (Å²) in [5.74, 6) is 0.746. The van der Waals surface area contributed by atoms with E-state index in [1.54, 1.807) is 19.2 Å². The first kappa shape index (κ1) is 24.7. The molecule has 2 heterocycles. The third-order valence-corrected chi connectivity index (χ3v) is 6.78. The average molecular weight is 492 g/mol. The molecule has 1 aliphatic rings. The van der Waals surface area contributed by atoms with Gasteiger partial charge in [0.25, 0.3) is 11.8 Å². The Morgan fingerprint density at radius 3 is 2.49 bits per heavy atom. The van der Waals surface area contributed by atoms with Crippen LogP contribution in [0, 0.1) is 6.92 Å². The number of halogens is 1. The molecule has 0 saturated carbocycles. The predicted molar refractivity (Wildman–Crippen MR) is 137 cm³/mol. The van der Waals surface area contributed by atoms with E-state index < -0.39 is 0 Å². The minimum Gasteiger partial charge on any atom is -0.496 e. The maximum Gasteiger partial charge on any atom is 0.255 e. The molecule has 2 amide bonds. The van der Waals surface area contributed by atoms with Gasteiger partial charge in [0.1, 0.15) is 5.75 Å². The van der Waals surface area contributed by atoms with Gasteiger partial charge in [-0.1, -0.05) is 41.9 Å². The molecule has 0 aliphatic carbocycles. The summed E-state index contributed by atoms with van der Waals surface area (Å²) in [5.41, 5.74) is 3.86. The molecule has 0 spiro atoms. The van der Waals surface area contributed by atoms with Crippen molar-refractivity contribution in [3.05, 3.63) is 93.8 Å². The number of nitrogens with one attached hydrogen (secondary N) is 1. The van der Waals surface area contributed by atoms with Crippen LogP contribution in [0.2, 0.25) is 5.02 Å². The van der Waals surface area contributed by atoms with Gasteiger partial charge in [-0.05, 0) is 62.1 Å². The number of hydrogen-bond acceptors (Lipinski definition) is 4. The van der Waals surface area contributed by atoms with Gasteiger partial charge in [-0.3, -0.25) is 14.6 Å². The van der Waals surface area contributed by atoms with Crippen LogP contribution < -0.4 is 10.1 Å². The summed E-state index contributed by atoms with van der Waals surface area (Å²) in [5, 5.41) is 3.50. The monoisotopic (exact) mass is 491 g/mol. The Balaban J connectivity index is 1.41. The number of aromatic nitrogens is 1. The van der Waals surface area contributed by atoms with Crippen molar-refractivity contribution < 1.29 is 14.3 Å². The molecule has 2 aromatic carbocycles. The topological polar surface area (TPSA) is 71.5 Å². The molecule has 0 bridgehead atoms. The second-order valence-corrected chi connectivity index (χ2v) is 9.16. The summed E-state index contributed by atoms with van der Waals surface area (Å²) in [7, 11) is 1.65. The Morgan fingerprint density at radius 2 is 1.74 bits per heavy atom. The molecule has 4 rings (SSSR count). The van der Waals surface area contributed by atoms with Crippen molar-refractivity contribution >= 4 is 23.4 Å². The standard InChI is InChI=1S/C28H30ClN3O3/c1-19-11-12-23(27(33)30-16-13-20-7-3-6-10-25(20)35-2)26(31-19)21-14-17-32(18-15-21)28(34)22-8-4-5-9-24(22)29/h3-12,21H,13-18H2,1-2H3,(H,30,33). The lowest BCUT2D eigenvalue weighted by Gasteiger charge is -2.32. The predicted octanol–water partition coefficient (Wildman–Crippen LogP) is 5.04. The first-order valence-corrected chi connectivity index (χ1v) is 12.3. The van der Waals surface area contributed by atoms with Gasteiger partial charge < -0.3 is 15.0 Å². The highest BCUT2D eigenvalue weighted by Crippen LogP contribution is 2.31. The smallest absolute Gasteiger partial charge is 0.255 e. The first-order valence-electron chi connectivity index (χ1n) is 11.9. The number of benzene rings is 2. The molecule has 0 unspecified atom stereocenters. The lowest BCUT2D eigenvalue weighted by molar-refractivity contribution is 0.0710. The largest absolute Gasteiger partial charge is 0.496 e. The number of aryl methyl sites for hydroxylation is 1. The van der Waals surface area contributed by atoms with E-state index in [-0.39, 0.29) is 17.7 Å². The Labute approximate surface area is 211 Å². The number of hydrogen-bond donors (Lipinski definition) is 1. The van der Waals surface area contributed by atoms with Crippen molar-refractivity contribution in [3.63, 3.8) is 0 Å². The van der Waals surface area contributed by atoms with E-state index in [4.69, 9.17) is 21.3 Å². The van der Waals surface area contributed by atoms with E-state index in [2.05, 4.69) is 5.32 Å². The molecule has 7 heteroatoms. The van der Waals surface area contributed by atoms with E-state index in [1.165, 1.54) is 0 Å². The number of ether oxygens (including phenoxy) is 1. The molecule has 6 nitrogen and oxygen atoms in total. The summed E-state index contributed by atoms with van der Waals surface area (Å²) in [4.78, 5) is 32.6. The molecule has 1 fully saturated rings. The number of amides is 2. The number of likely N-dealkylation sites (tertiary alicyclic amines) is 1. The lowest BCUT2D eigenvalue weighted by atomic mass is 9.89. The normalized spacial score (nSPS) is 14.0. The van der Waals surface area contributed by atoms with Crippen molar-refractivity contribution in [1.29, 1.82) is 0 Å². The number of carbonyl (C=O) groups excluding carboxylic acids is 2. The minimum absolute atomic E-state index is 0.0550. The van der Waals surface area contributed by atoms with Crippen molar-refractivity contribution in [2.24, 2.45) is 0 Å². The third-order valence-electron chi connectivity index (χ3n) is 6.45. The summed E-state index contributed by atoms with van der Waals surface area (Å²) in [6.45, 7) is 3.62. The van der Waals surface area contributed by atoms with Gasteiger partial charge in [0.2, 0.25) is 0 Å². The van der Waals surface area contributed by atoms with Crippen LogP contribution in [0.25, 0.3) is 0 Å². The molecular weight excluding hydrogens is 462 g/mol. The van der Waals surface area contributed by atoms with Crippen molar-refractivity contribution in [2.75, 3.05) is 26.7 Å². The van der Waals surface area contributed by atoms with Crippen LogP contribution >= 0.6 is 11.6 Å². The number of methoxy groups -OCH3 is 1. The molecule has 35 heavy (non-hydrogen) atoms. The summed E-state index contributed by atoms with van der Waals surface area (Å²) in [6.07, 6.45) is 2.16. The van der Waals surface area contributed by atoms with Crippen LogP contribution in [0.4, 0.5) is 0 Å². The zero-order chi connectivity index (χ0) is 24.8. The molecule has 1 N–H and O–H groups in total.